The number of hydrogen-bond donors (Lipinski definition) is 2. The maximum absolute atomic E-state index is 12.5. The van der Waals surface area contributed by atoms with E-state index < -0.39 is 35.5 Å². The SMILES string of the molecule is O=C1c2ccccc2C(=O)N1[C@H](CO)[C@@H](O)c1ccc([N+](=O)[O-])cc1. The maximum atomic E-state index is 12.5. The molecular weight excluding hydrogens is 328 g/mol. The number of benzene rings is 2. The molecule has 0 radical (unpaired) electrons. The first kappa shape index (κ1) is 16.7. The second kappa shape index (κ2) is 6.42. The lowest BCUT2D eigenvalue weighted by Gasteiger charge is -2.29. The zero-order chi connectivity index (χ0) is 18.1. The fraction of sp³-hybridized carbons (Fsp3) is 0.176. The van der Waals surface area contributed by atoms with E-state index in [9.17, 15) is 29.9 Å². The first-order valence-corrected chi connectivity index (χ1v) is 7.46. The van der Waals surface area contributed by atoms with Crippen LogP contribution < -0.4 is 0 Å². The third kappa shape index (κ3) is 2.77. The van der Waals surface area contributed by atoms with Crippen LogP contribution in [0.1, 0.15) is 32.4 Å². The molecule has 2 aromatic rings. The van der Waals surface area contributed by atoms with Crippen molar-refractivity contribution in [2.24, 2.45) is 0 Å². The fourth-order valence-electron chi connectivity index (χ4n) is 2.85. The zero-order valence-corrected chi connectivity index (χ0v) is 12.9. The molecule has 0 saturated carbocycles. The molecule has 3 rings (SSSR count). The number of carbonyl (C=O) groups is 2. The number of fused-ring (bicyclic) bond motifs is 1. The topological polar surface area (TPSA) is 121 Å². The van der Waals surface area contributed by atoms with Gasteiger partial charge >= 0.3 is 0 Å². The van der Waals surface area contributed by atoms with Gasteiger partial charge in [-0.1, -0.05) is 12.1 Å². The highest BCUT2D eigenvalue weighted by atomic mass is 16.6. The molecule has 25 heavy (non-hydrogen) atoms. The largest absolute Gasteiger partial charge is 0.394 e. The molecule has 1 aliphatic heterocycles. The minimum Gasteiger partial charge on any atom is -0.394 e. The molecule has 2 amide bonds. The molecule has 8 nitrogen and oxygen atoms in total. The first-order chi connectivity index (χ1) is 12.0. The smallest absolute Gasteiger partial charge is 0.269 e. The van der Waals surface area contributed by atoms with E-state index in [0.29, 0.717) is 0 Å². The third-order valence-electron chi connectivity index (χ3n) is 4.15. The molecule has 2 atom stereocenters. The zero-order valence-electron chi connectivity index (χ0n) is 12.9. The summed E-state index contributed by atoms with van der Waals surface area (Å²) in [6.07, 6.45) is -1.38. The average Bonchev–Trinajstić information content (AvgIpc) is 2.88. The van der Waals surface area contributed by atoms with Gasteiger partial charge < -0.3 is 10.2 Å². The predicted octanol–water partition coefficient (Wildman–Crippen LogP) is 1.29. The molecule has 8 heteroatoms. The fourth-order valence-corrected chi connectivity index (χ4v) is 2.85. The Hall–Kier alpha value is -3.10. The molecule has 0 aromatic heterocycles. The van der Waals surface area contributed by atoms with E-state index in [1.54, 1.807) is 12.1 Å². The van der Waals surface area contributed by atoms with Crippen LogP contribution >= 0.6 is 0 Å². The normalized spacial score (nSPS) is 15.8. The van der Waals surface area contributed by atoms with Crippen LogP contribution in [-0.4, -0.2) is 44.5 Å². The molecular formula is C17H14N2O6. The lowest BCUT2D eigenvalue weighted by Crippen LogP contribution is -2.45. The van der Waals surface area contributed by atoms with Crippen molar-refractivity contribution in [3.05, 3.63) is 75.3 Å². The average molecular weight is 342 g/mol. The van der Waals surface area contributed by atoms with E-state index >= 15 is 0 Å². The summed E-state index contributed by atoms with van der Waals surface area (Å²) in [5, 5.41) is 30.9. The summed E-state index contributed by atoms with van der Waals surface area (Å²) in [5.41, 5.74) is 0.516. The summed E-state index contributed by atoms with van der Waals surface area (Å²) < 4.78 is 0. The molecule has 0 fully saturated rings. The lowest BCUT2D eigenvalue weighted by atomic mass is 10.0. The second-order valence-electron chi connectivity index (χ2n) is 5.57. The summed E-state index contributed by atoms with van der Waals surface area (Å²) in [5.74, 6) is -1.19. The standard InChI is InChI=1S/C17H14N2O6/c20-9-14(15(21)10-5-7-11(8-6-10)19(24)25)18-16(22)12-3-1-2-4-13(12)17(18)23/h1-8,14-15,20-21H,9H2/t14-,15+/m1/s1. The van der Waals surface area contributed by atoms with Gasteiger partial charge in [0.2, 0.25) is 0 Å². The Bertz CT molecular complexity index is 813. The van der Waals surface area contributed by atoms with Crippen LogP contribution in [0.5, 0.6) is 0 Å². The lowest BCUT2D eigenvalue weighted by molar-refractivity contribution is -0.384. The molecule has 2 N–H and O–H groups in total. The van der Waals surface area contributed by atoms with Gasteiger partial charge in [-0.05, 0) is 29.8 Å². The van der Waals surface area contributed by atoms with E-state index in [2.05, 4.69) is 0 Å². The first-order valence-electron chi connectivity index (χ1n) is 7.46. The molecule has 0 bridgehead atoms. The molecule has 0 spiro atoms. The number of nitro groups is 1. The van der Waals surface area contributed by atoms with Gasteiger partial charge in [0.05, 0.1) is 28.7 Å². The van der Waals surface area contributed by atoms with Crippen LogP contribution in [0.25, 0.3) is 0 Å². The molecule has 2 aromatic carbocycles. The summed E-state index contributed by atoms with van der Waals surface area (Å²) in [4.78, 5) is 35.9. The monoisotopic (exact) mass is 342 g/mol. The highest BCUT2D eigenvalue weighted by Gasteiger charge is 2.42. The van der Waals surface area contributed by atoms with Crippen LogP contribution in [0.15, 0.2) is 48.5 Å². The molecule has 0 saturated heterocycles. The van der Waals surface area contributed by atoms with Crippen molar-refractivity contribution in [1.82, 2.24) is 4.90 Å². The number of non-ortho nitro benzene ring substituents is 1. The van der Waals surface area contributed by atoms with Gasteiger partial charge in [0.1, 0.15) is 6.10 Å². The molecule has 0 aliphatic carbocycles. The summed E-state index contributed by atoms with van der Waals surface area (Å²) in [6, 6.07) is 10.1. The van der Waals surface area contributed by atoms with Crippen molar-refractivity contribution in [2.75, 3.05) is 6.61 Å². The van der Waals surface area contributed by atoms with Gasteiger partial charge in [-0.3, -0.25) is 24.6 Å². The van der Waals surface area contributed by atoms with Crippen molar-refractivity contribution in [1.29, 1.82) is 0 Å². The van der Waals surface area contributed by atoms with Crippen molar-refractivity contribution >= 4 is 17.5 Å². The van der Waals surface area contributed by atoms with Gasteiger partial charge in [-0.2, -0.15) is 0 Å². The summed E-state index contributed by atoms with van der Waals surface area (Å²) in [7, 11) is 0. The number of imide groups is 1. The van der Waals surface area contributed by atoms with Gasteiger partial charge in [0.15, 0.2) is 0 Å². The van der Waals surface area contributed by atoms with Gasteiger partial charge in [-0.25, -0.2) is 0 Å². The number of nitrogens with zero attached hydrogens (tertiary/aromatic N) is 2. The summed E-state index contributed by atoms with van der Waals surface area (Å²) >= 11 is 0. The minimum absolute atomic E-state index is 0.155. The third-order valence-corrected chi connectivity index (χ3v) is 4.15. The Balaban J connectivity index is 1.91. The molecule has 0 unspecified atom stereocenters. The number of nitro benzene ring substituents is 1. The van der Waals surface area contributed by atoms with E-state index in [1.807, 2.05) is 0 Å². The Morgan fingerprint density at radius 3 is 1.96 bits per heavy atom. The number of aliphatic hydroxyl groups excluding tert-OH is 2. The maximum Gasteiger partial charge on any atom is 0.269 e. The van der Waals surface area contributed by atoms with Crippen LogP contribution in [0.3, 0.4) is 0 Å². The van der Waals surface area contributed by atoms with Crippen LogP contribution in [0.2, 0.25) is 0 Å². The van der Waals surface area contributed by atoms with E-state index in [1.165, 1.54) is 36.4 Å². The van der Waals surface area contributed by atoms with Gasteiger partial charge in [0, 0.05) is 12.1 Å². The van der Waals surface area contributed by atoms with Gasteiger partial charge in [-0.15, -0.1) is 0 Å². The quantitative estimate of drug-likeness (QED) is 0.480. The second-order valence-corrected chi connectivity index (χ2v) is 5.57. The van der Waals surface area contributed by atoms with E-state index in [4.69, 9.17) is 0 Å². The Labute approximate surface area is 142 Å². The number of rotatable bonds is 5. The van der Waals surface area contributed by atoms with Crippen LogP contribution in [0.4, 0.5) is 5.69 Å². The number of amides is 2. The Kier molecular flexibility index (Phi) is 4.30. The van der Waals surface area contributed by atoms with Crippen LogP contribution in [0, 0.1) is 10.1 Å². The van der Waals surface area contributed by atoms with Crippen molar-refractivity contribution < 1.29 is 24.7 Å². The van der Waals surface area contributed by atoms with Crippen molar-refractivity contribution in [3.8, 4) is 0 Å². The minimum atomic E-state index is -1.38. The van der Waals surface area contributed by atoms with Crippen LogP contribution in [-0.2, 0) is 0 Å². The Morgan fingerprint density at radius 1 is 1.00 bits per heavy atom. The molecule has 1 heterocycles. The van der Waals surface area contributed by atoms with Gasteiger partial charge in [0.25, 0.3) is 17.5 Å². The highest BCUT2D eigenvalue weighted by Crippen LogP contribution is 2.30. The number of carbonyl (C=O) groups excluding carboxylic acids is 2. The van der Waals surface area contributed by atoms with Crippen molar-refractivity contribution in [3.63, 3.8) is 0 Å². The number of hydrogen-bond acceptors (Lipinski definition) is 6. The Morgan fingerprint density at radius 2 is 1.52 bits per heavy atom. The van der Waals surface area contributed by atoms with Crippen molar-refractivity contribution in [2.45, 2.75) is 12.1 Å². The molecule has 1 aliphatic rings. The molecule has 128 valence electrons. The van der Waals surface area contributed by atoms with E-state index in [-0.39, 0.29) is 22.4 Å². The highest BCUT2D eigenvalue weighted by molar-refractivity contribution is 6.21. The van der Waals surface area contributed by atoms with E-state index in [0.717, 1.165) is 4.90 Å². The summed E-state index contributed by atoms with van der Waals surface area (Å²) in [6.45, 7) is -0.649. The predicted molar refractivity (Wildman–Crippen MR) is 85.9 cm³/mol. The number of aliphatic hydroxyl groups is 2.